The van der Waals surface area contributed by atoms with Crippen molar-refractivity contribution in [3.8, 4) is 22.3 Å². The van der Waals surface area contributed by atoms with Crippen molar-refractivity contribution in [3.05, 3.63) is 240 Å². The molecule has 0 aliphatic heterocycles. The Morgan fingerprint density at radius 1 is 0.204 bits per heavy atom. The minimum atomic E-state index is 0.272. The Kier molecular flexibility index (Phi) is 7.10. The highest BCUT2D eigenvalue weighted by molar-refractivity contribution is 6.04. The first-order valence-corrected chi connectivity index (χ1v) is 19.0. The maximum absolute atomic E-state index is 2.31. The first-order chi connectivity index (χ1) is 26.8. The van der Waals surface area contributed by atoms with Crippen LogP contribution in [0.3, 0.4) is 0 Å². The summed E-state index contributed by atoms with van der Waals surface area (Å²) in [4.78, 5) is 0. The van der Waals surface area contributed by atoms with Crippen LogP contribution >= 0.6 is 0 Å². The maximum atomic E-state index is 2.31. The van der Waals surface area contributed by atoms with Crippen LogP contribution in [0.15, 0.2) is 206 Å². The van der Waals surface area contributed by atoms with E-state index in [9.17, 15) is 0 Å². The Labute approximate surface area is 315 Å². The molecule has 12 rings (SSSR count). The zero-order chi connectivity index (χ0) is 35.6. The van der Waals surface area contributed by atoms with E-state index in [0.29, 0.717) is 0 Å². The molecule has 0 fully saturated rings. The first-order valence-electron chi connectivity index (χ1n) is 19.0. The summed E-state index contributed by atoms with van der Waals surface area (Å²) in [5.74, 6) is 0.543. The molecule has 10 aromatic rings. The van der Waals surface area contributed by atoms with Gasteiger partial charge in [0.05, 0.1) is 0 Å². The molecule has 0 N–H and O–H groups in total. The fourth-order valence-electron chi connectivity index (χ4n) is 9.61. The van der Waals surface area contributed by atoms with Crippen molar-refractivity contribution in [1.29, 1.82) is 0 Å². The van der Waals surface area contributed by atoms with Gasteiger partial charge in [-0.3, -0.25) is 0 Å². The van der Waals surface area contributed by atoms with E-state index in [2.05, 4.69) is 206 Å². The molecule has 252 valence electrons. The Bertz CT molecular complexity index is 2660. The van der Waals surface area contributed by atoms with E-state index in [1.54, 1.807) is 0 Å². The van der Waals surface area contributed by atoms with E-state index in [0.717, 1.165) is 0 Å². The molecular weight excluding hydrogens is 649 g/mol. The highest BCUT2D eigenvalue weighted by Gasteiger charge is 2.34. The molecule has 0 bridgehead atoms. The summed E-state index contributed by atoms with van der Waals surface area (Å²) < 4.78 is 0. The van der Waals surface area contributed by atoms with Gasteiger partial charge < -0.3 is 0 Å². The summed E-state index contributed by atoms with van der Waals surface area (Å²) in [5.41, 5.74) is 14.0. The molecule has 0 heteroatoms. The lowest BCUT2D eigenvalue weighted by molar-refractivity contribution is 1.04. The summed E-state index contributed by atoms with van der Waals surface area (Å²) in [5, 5.41) is 10.7. The largest absolute Gasteiger partial charge is 0.0622 e. The van der Waals surface area contributed by atoms with E-state index in [1.807, 2.05) is 0 Å². The molecule has 0 spiro atoms. The van der Waals surface area contributed by atoms with Gasteiger partial charge in [0.2, 0.25) is 0 Å². The third-order valence-corrected chi connectivity index (χ3v) is 11.9. The van der Waals surface area contributed by atoms with E-state index in [-0.39, 0.29) is 11.8 Å². The molecule has 0 unspecified atom stereocenters. The summed E-state index contributed by atoms with van der Waals surface area (Å²) in [7, 11) is 0. The van der Waals surface area contributed by atoms with Gasteiger partial charge in [0.15, 0.2) is 0 Å². The monoisotopic (exact) mass is 684 g/mol. The number of hydrogen-bond donors (Lipinski definition) is 0. The molecule has 2 aliphatic carbocycles. The first kappa shape index (κ1) is 30.8. The van der Waals surface area contributed by atoms with Crippen molar-refractivity contribution in [1.82, 2.24) is 0 Å². The third-order valence-electron chi connectivity index (χ3n) is 11.9. The second-order valence-electron chi connectivity index (χ2n) is 14.7. The van der Waals surface area contributed by atoms with Crippen molar-refractivity contribution < 1.29 is 0 Å². The van der Waals surface area contributed by atoms with E-state index in [1.165, 1.54) is 98.7 Å². The fourth-order valence-corrected chi connectivity index (χ4v) is 9.61. The van der Waals surface area contributed by atoms with Crippen LogP contribution in [0.2, 0.25) is 0 Å². The lowest BCUT2D eigenvalue weighted by atomic mass is 9.85. The van der Waals surface area contributed by atoms with Crippen LogP contribution in [0, 0.1) is 0 Å². The second kappa shape index (κ2) is 12.4. The highest BCUT2D eigenvalue weighted by Crippen LogP contribution is 2.54. The van der Waals surface area contributed by atoms with Crippen LogP contribution in [0.5, 0.6) is 0 Å². The van der Waals surface area contributed by atoms with Gasteiger partial charge in [0, 0.05) is 11.8 Å². The van der Waals surface area contributed by atoms with Gasteiger partial charge in [0.25, 0.3) is 0 Å². The van der Waals surface area contributed by atoms with Crippen LogP contribution in [0.1, 0.15) is 45.2 Å². The smallest absolute Gasteiger partial charge is 0.0364 e. The van der Waals surface area contributed by atoms with Crippen LogP contribution < -0.4 is 0 Å². The molecular formula is C54H36. The van der Waals surface area contributed by atoms with Gasteiger partial charge in [-0.25, -0.2) is 0 Å². The van der Waals surface area contributed by atoms with Gasteiger partial charge in [-0.15, -0.1) is 0 Å². The average molecular weight is 685 g/mol. The lowest BCUT2D eigenvalue weighted by Gasteiger charge is -2.18. The van der Waals surface area contributed by atoms with E-state index in [4.69, 9.17) is 0 Å². The molecule has 0 radical (unpaired) electrons. The molecule has 0 saturated carbocycles. The van der Waals surface area contributed by atoms with Crippen molar-refractivity contribution >= 4 is 43.1 Å². The Morgan fingerprint density at radius 3 is 0.722 bits per heavy atom. The third kappa shape index (κ3) is 4.70. The van der Waals surface area contributed by atoms with Gasteiger partial charge in [-0.2, -0.15) is 0 Å². The summed E-state index contributed by atoms with van der Waals surface area (Å²) in [6, 6.07) is 75.4. The standard InChI is InChI=1S/2C27H18/c2*1-2-10-20(11-3-1)25-26-21-12-6-4-8-18(21)14-16-23(26)24-17-15-19-9-5-7-13-22(19)27(24)25/h2*1-17,25H. The Morgan fingerprint density at radius 2 is 0.444 bits per heavy atom. The van der Waals surface area contributed by atoms with Gasteiger partial charge in [-0.1, -0.05) is 206 Å². The number of benzene rings is 10. The Hall–Kier alpha value is -6.76. The van der Waals surface area contributed by atoms with Gasteiger partial charge in [-0.05, 0) is 98.7 Å². The van der Waals surface area contributed by atoms with Crippen molar-refractivity contribution in [2.75, 3.05) is 0 Å². The van der Waals surface area contributed by atoms with Crippen LogP contribution in [0.4, 0.5) is 0 Å². The average Bonchev–Trinajstić information content (AvgIpc) is 3.79. The fraction of sp³-hybridized carbons (Fsp3) is 0.0370. The van der Waals surface area contributed by atoms with Crippen LogP contribution in [-0.2, 0) is 0 Å². The van der Waals surface area contributed by atoms with Crippen LogP contribution in [-0.4, -0.2) is 0 Å². The van der Waals surface area contributed by atoms with Crippen molar-refractivity contribution in [2.45, 2.75) is 11.8 Å². The van der Waals surface area contributed by atoms with Crippen molar-refractivity contribution in [2.24, 2.45) is 0 Å². The predicted molar refractivity (Wildman–Crippen MR) is 229 cm³/mol. The SMILES string of the molecule is c1ccc(C2c3c(ccc4ccccc34)-c3ccc4ccccc4c32)cc1.c1ccc(C2c3c(ccc4ccccc34)-c3ccc4ccccc4c32)cc1. The summed E-state index contributed by atoms with van der Waals surface area (Å²) in [6.07, 6.45) is 0. The van der Waals surface area contributed by atoms with E-state index < -0.39 is 0 Å². The number of hydrogen-bond acceptors (Lipinski definition) is 0. The van der Waals surface area contributed by atoms with Crippen LogP contribution in [0.25, 0.3) is 65.3 Å². The molecule has 0 heterocycles. The minimum absolute atomic E-state index is 0.272. The highest BCUT2D eigenvalue weighted by atomic mass is 14.4. The zero-order valence-electron chi connectivity index (χ0n) is 29.8. The van der Waals surface area contributed by atoms with E-state index >= 15 is 0 Å². The summed E-state index contributed by atoms with van der Waals surface area (Å²) >= 11 is 0. The predicted octanol–water partition coefficient (Wildman–Crippen LogP) is 14.3. The van der Waals surface area contributed by atoms with Gasteiger partial charge in [0.1, 0.15) is 0 Å². The molecule has 0 atom stereocenters. The van der Waals surface area contributed by atoms with Crippen molar-refractivity contribution in [3.63, 3.8) is 0 Å². The number of rotatable bonds is 2. The molecule has 0 nitrogen and oxygen atoms in total. The molecule has 10 aromatic carbocycles. The number of fused-ring (bicyclic) bond motifs is 14. The maximum Gasteiger partial charge on any atom is 0.0364 e. The molecule has 2 aliphatic rings. The lowest BCUT2D eigenvalue weighted by Crippen LogP contribution is -2.00. The second-order valence-corrected chi connectivity index (χ2v) is 14.7. The molecule has 0 saturated heterocycles. The molecule has 54 heavy (non-hydrogen) atoms. The molecule has 0 amide bonds. The normalized spacial score (nSPS) is 13.0. The topological polar surface area (TPSA) is 0 Å². The quantitative estimate of drug-likeness (QED) is 0.170. The zero-order valence-corrected chi connectivity index (χ0v) is 29.8. The van der Waals surface area contributed by atoms with Gasteiger partial charge >= 0.3 is 0 Å². The minimum Gasteiger partial charge on any atom is -0.0622 e. The summed E-state index contributed by atoms with van der Waals surface area (Å²) in [6.45, 7) is 0. The Balaban J connectivity index is 0.000000126. The molecule has 0 aromatic heterocycles.